The van der Waals surface area contributed by atoms with Crippen LogP contribution in [0.3, 0.4) is 0 Å². The lowest BCUT2D eigenvalue weighted by atomic mass is 9.92. The van der Waals surface area contributed by atoms with Gasteiger partial charge in [-0.1, -0.05) is 44.2 Å². The van der Waals surface area contributed by atoms with Crippen LogP contribution in [-0.2, 0) is 0 Å². The van der Waals surface area contributed by atoms with E-state index in [0.717, 1.165) is 30.4 Å². The number of benzene rings is 1. The van der Waals surface area contributed by atoms with E-state index in [9.17, 15) is 4.79 Å². The number of hydrogen-bond acceptors (Lipinski definition) is 1. The van der Waals surface area contributed by atoms with Crippen molar-refractivity contribution in [3.05, 3.63) is 47.0 Å². The van der Waals surface area contributed by atoms with Crippen LogP contribution in [0.15, 0.2) is 35.9 Å². The summed E-state index contributed by atoms with van der Waals surface area (Å²) in [6.07, 6.45) is 6.50. The number of carbonyl (C=O) groups is 1. The molecular formula is C16H20O. The van der Waals surface area contributed by atoms with E-state index in [1.165, 1.54) is 12.0 Å². The van der Waals surface area contributed by atoms with Crippen LogP contribution < -0.4 is 0 Å². The third-order valence-corrected chi connectivity index (χ3v) is 3.42. The number of hydrogen-bond donors (Lipinski definition) is 0. The molecular weight excluding hydrogens is 208 g/mol. The molecule has 0 radical (unpaired) electrons. The molecule has 0 aromatic heterocycles. The molecule has 17 heavy (non-hydrogen) atoms. The van der Waals surface area contributed by atoms with E-state index in [4.69, 9.17) is 0 Å². The molecule has 0 bridgehead atoms. The predicted octanol–water partition coefficient (Wildman–Crippen LogP) is 4.49. The molecule has 2 rings (SSSR count). The molecule has 90 valence electrons. The van der Waals surface area contributed by atoms with Gasteiger partial charge in [-0.2, -0.15) is 0 Å². The van der Waals surface area contributed by atoms with Crippen LogP contribution in [0.25, 0.3) is 0 Å². The first kappa shape index (κ1) is 12.1. The summed E-state index contributed by atoms with van der Waals surface area (Å²) in [7, 11) is 0. The van der Waals surface area contributed by atoms with Crippen molar-refractivity contribution in [2.45, 2.75) is 45.4 Å². The normalized spacial score (nSPS) is 15.8. The van der Waals surface area contributed by atoms with Gasteiger partial charge in [0, 0.05) is 5.56 Å². The Morgan fingerprint density at radius 2 is 1.82 bits per heavy atom. The molecule has 0 fully saturated rings. The Labute approximate surface area is 104 Å². The van der Waals surface area contributed by atoms with Crippen molar-refractivity contribution in [2.75, 3.05) is 0 Å². The molecule has 0 heterocycles. The zero-order valence-electron chi connectivity index (χ0n) is 10.7. The van der Waals surface area contributed by atoms with E-state index in [2.05, 4.69) is 32.1 Å². The van der Waals surface area contributed by atoms with Crippen molar-refractivity contribution < 1.29 is 4.79 Å². The van der Waals surface area contributed by atoms with Gasteiger partial charge in [0.25, 0.3) is 0 Å². The highest BCUT2D eigenvalue weighted by Crippen LogP contribution is 2.22. The van der Waals surface area contributed by atoms with Crippen molar-refractivity contribution in [1.82, 2.24) is 0 Å². The first-order chi connectivity index (χ1) is 8.18. The SMILES string of the molecule is CC(C)c1ccc(C(=O)C2=CCCCC2)cc1. The van der Waals surface area contributed by atoms with Crippen molar-refractivity contribution in [3.8, 4) is 0 Å². The van der Waals surface area contributed by atoms with Crippen LogP contribution in [0.1, 0.15) is 61.4 Å². The first-order valence-corrected chi connectivity index (χ1v) is 6.52. The lowest BCUT2D eigenvalue weighted by molar-refractivity contribution is 0.102. The molecule has 1 aromatic carbocycles. The van der Waals surface area contributed by atoms with Gasteiger partial charge in [0.1, 0.15) is 0 Å². The molecule has 1 aliphatic carbocycles. The fourth-order valence-electron chi connectivity index (χ4n) is 2.25. The highest BCUT2D eigenvalue weighted by Gasteiger charge is 2.14. The quantitative estimate of drug-likeness (QED) is 0.696. The first-order valence-electron chi connectivity index (χ1n) is 6.52. The monoisotopic (exact) mass is 228 g/mol. The Bertz CT molecular complexity index is 423. The second-order valence-corrected chi connectivity index (χ2v) is 5.08. The van der Waals surface area contributed by atoms with E-state index in [-0.39, 0.29) is 5.78 Å². The van der Waals surface area contributed by atoms with Gasteiger partial charge < -0.3 is 0 Å². The van der Waals surface area contributed by atoms with Gasteiger partial charge in [0.2, 0.25) is 0 Å². The van der Waals surface area contributed by atoms with Gasteiger partial charge in [-0.3, -0.25) is 4.79 Å². The summed E-state index contributed by atoms with van der Waals surface area (Å²) in [6.45, 7) is 4.33. The van der Waals surface area contributed by atoms with Gasteiger partial charge in [0.15, 0.2) is 5.78 Å². The molecule has 0 atom stereocenters. The second kappa shape index (κ2) is 5.31. The molecule has 0 saturated carbocycles. The third kappa shape index (κ3) is 2.85. The zero-order chi connectivity index (χ0) is 12.3. The molecule has 0 saturated heterocycles. The fraction of sp³-hybridized carbons (Fsp3) is 0.438. The van der Waals surface area contributed by atoms with E-state index in [1.54, 1.807) is 0 Å². The lowest BCUT2D eigenvalue weighted by Gasteiger charge is -2.12. The van der Waals surface area contributed by atoms with Crippen LogP contribution in [0.4, 0.5) is 0 Å². The molecule has 0 N–H and O–H groups in total. The molecule has 0 unspecified atom stereocenters. The number of ketones is 1. The van der Waals surface area contributed by atoms with E-state index >= 15 is 0 Å². The summed E-state index contributed by atoms with van der Waals surface area (Å²) >= 11 is 0. The van der Waals surface area contributed by atoms with E-state index in [1.807, 2.05) is 12.1 Å². The summed E-state index contributed by atoms with van der Waals surface area (Å²) < 4.78 is 0. The highest BCUT2D eigenvalue weighted by molar-refractivity contribution is 6.08. The van der Waals surface area contributed by atoms with Crippen LogP contribution >= 0.6 is 0 Å². The minimum absolute atomic E-state index is 0.222. The van der Waals surface area contributed by atoms with Crippen LogP contribution in [0.5, 0.6) is 0 Å². The number of Topliss-reactive ketones (excluding diaryl/α,β-unsaturated/α-hetero) is 1. The maximum atomic E-state index is 12.2. The maximum absolute atomic E-state index is 12.2. The standard InChI is InChI=1S/C16H20O/c1-12(2)13-8-10-15(11-9-13)16(17)14-6-4-3-5-7-14/h6,8-12H,3-5,7H2,1-2H3. The Balaban J connectivity index is 2.17. The summed E-state index contributed by atoms with van der Waals surface area (Å²) in [4.78, 5) is 12.2. The number of carbonyl (C=O) groups excluding carboxylic acids is 1. The van der Waals surface area contributed by atoms with Crippen molar-refractivity contribution in [1.29, 1.82) is 0 Å². The average Bonchev–Trinajstić information content (AvgIpc) is 2.39. The molecule has 1 aromatic rings. The predicted molar refractivity (Wildman–Crippen MR) is 71.4 cm³/mol. The van der Waals surface area contributed by atoms with Gasteiger partial charge in [0.05, 0.1) is 0 Å². The van der Waals surface area contributed by atoms with Gasteiger partial charge >= 0.3 is 0 Å². The van der Waals surface area contributed by atoms with Gasteiger partial charge in [-0.15, -0.1) is 0 Å². The maximum Gasteiger partial charge on any atom is 0.188 e. The van der Waals surface area contributed by atoms with Crippen molar-refractivity contribution in [2.24, 2.45) is 0 Å². The van der Waals surface area contributed by atoms with Crippen LogP contribution in [0, 0.1) is 0 Å². The Morgan fingerprint density at radius 1 is 1.12 bits per heavy atom. The van der Waals surface area contributed by atoms with Gasteiger partial charge in [-0.05, 0) is 42.7 Å². The minimum atomic E-state index is 0.222. The number of allylic oxidation sites excluding steroid dienone is 2. The van der Waals surface area contributed by atoms with E-state index in [0.29, 0.717) is 5.92 Å². The fourth-order valence-corrected chi connectivity index (χ4v) is 2.25. The topological polar surface area (TPSA) is 17.1 Å². The van der Waals surface area contributed by atoms with Crippen molar-refractivity contribution in [3.63, 3.8) is 0 Å². The largest absolute Gasteiger partial charge is 0.289 e. The molecule has 1 aliphatic rings. The highest BCUT2D eigenvalue weighted by atomic mass is 16.1. The summed E-state index contributed by atoms with van der Waals surface area (Å²) in [6, 6.07) is 8.07. The summed E-state index contributed by atoms with van der Waals surface area (Å²) in [5.41, 5.74) is 3.13. The zero-order valence-corrected chi connectivity index (χ0v) is 10.7. The molecule has 0 aliphatic heterocycles. The summed E-state index contributed by atoms with van der Waals surface area (Å²) in [5, 5.41) is 0. The smallest absolute Gasteiger partial charge is 0.188 e. The Hall–Kier alpha value is -1.37. The number of rotatable bonds is 3. The Morgan fingerprint density at radius 3 is 2.35 bits per heavy atom. The summed E-state index contributed by atoms with van der Waals surface area (Å²) in [5.74, 6) is 0.744. The van der Waals surface area contributed by atoms with Crippen LogP contribution in [0.2, 0.25) is 0 Å². The van der Waals surface area contributed by atoms with Crippen molar-refractivity contribution >= 4 is 5.78 Å². The van der Waals surface area contributed by atoms with E-state index < -0.39 is 0 Å². The Kier molecular flexibility index (Phi) is 3.78. The van der Waals surface area contributed by atoms with Crippen LogP contribution in [-0.4, -0.2) is 5.78 Å². The third-order valence-electron chi connectivity index (χ3n) is 3.42. The molecule has 0 spiro atoms. The molecule has 0 amide bonds. The lowest BCUT2D eigenvalue weighted by Crippen LogP contribution is -2.06. The van der Waals surface area contributed by atoms with Gasteiger partial charge in [-0.25, -0.2) is 0 Å². The molecule has 1 nitrogen and oxygen atoms in total. The minimum Gasteiger partial charge on any atom is -0.289 e. The average molecular weight is 228 g/mol. The molecule has 1 heteroatoms. The second-order valence-electron chi connectivity index (χ2n) is 5.08.